The van der Waals surface area contributed by atoms with Gasteiger partial charge in [0.25, 0.3) is 0 Å². The molecule has 1 aliphatic carbocycles. The van der Waals surface area contributed by atoms with Gasteiger partial charge in [0.15, 0.2) is 5.82 Å². The second-order valence-electron chi connectivity index (χ2n) is 11.2. The smallest absolute Gasteiger partial charge is 0.442 e. The largest absolute Gasteiger partial charge is 0.494 e. The van der Waals surface area contributed by atoms with Crippen molar-refractivity contribution in [1.82, 2.24) is 9.78 Å². The lowest BCUT2D eigenvalue weighted by molar-refractivity contribution is -0.115. The van der Waals surface area contributed by atoms with Crippen molar-refractivity contribution in [2.24, 2.45) is 0 Å². The average Bonchev–Trinajstić information content (AvgIpc) is 3.41. The molecule has 9 heteroatoms. The Morgan fingerprint density at radius 1 is 1.15 bits per heavy atom. The number of benzene rings is 1. The Balaban J connectivity index is 1.44. The van der Waals surface area contributed by atoms with Crippen LogP contribution in [-0.2, 0) is 25.3 Å². The number of ether oxygens (including phenoxy) is 1. The zero-order valence-corrected chi connectivity index (χ0v) is 21.1. The van der Waals surface area contributed by atoms with E-state index in [2.05, 4.69) is 10.4 Å². The first-order valence-corrected chi connectivity index (χ1v) is 11.8. The highest BCUT2D eigenvalue weighted by molar-refractivity contribution is 6.62. The van der Waals surface area contributed by atoms with Gasteiger partial charge in [0, 0.05) is 12.0 Å². The van der Waals surface area contributed by atoms with E-state index in [1.54, 1.807) is 6.07 Å². The minimum Gasteiger partial charge on any atom is -0.442 e. The normalized spacial score (nSPS) is 19.2. The molecule has 8 nitrogen and oxygen atoms in total. The molecule has 0 bridgehead atoms. The lowest BCUT2D eigenvalue weighted by atomic mass is 9.78. The molecule has 0 radical (unpaired) electrons. The predicted molar refractivity (Wildman–Crippen MR) is 130 cm³/mol. The van der Waals surface area contributed by atoms with Gasteiger partial charge in [0.2, 0.25) is 5.91 Å². The van der Waals surface area contributed by atoms with Crippen molar-refractivity contribution in [1.29, 1.82) is 0 Å². The van der Waals surface area contributed by atoms with Crippen molar-refractivity contribution in [3.63, 3.8) is 0 Å². The van der Waals surface area contributed by atoms with Gasteiger partial charge in [-0.25, -0.2) is 4.79 Å². The van der Waals surface area contributed by atoms with Crippen molar-refractivity contribution in [3.05, 3.63) is 41.6 Å². The molecule has 2 aromatic rings. The van der Waals surface area contributed by atoms with Gasteiger partial charge >= 0.3 is 13.2 Å². The summed E-state index contributed by atoms with van der Waals surface area (Å²) in [6.07, 6.45) is 1.61. The van der Waals surface area contributed by atoms with Crippen molar-refractivity contribution in [3.8, 4) is 0 Å². The number of carbonyl (C=O) groups is 2. The molecule has 1 aliphatic heterocycles. The fourth-order valence-electron chi connectivity index (χ4n) is 3.78. The molecule has 34 heavy (non-hydrogen) atoms. The number of anilines is 1. The van der Waals surface area contributed by atoms with E-state index in [1.165, 1.54) is 4.68 Å². The average molecular weight is 467 g/mol. The van der Waals surface area contributed by atoms with Gasteiger partial charge in [-0.1, -0.05) is 24.3 Å². The Labute approximate surface area is 201 Å². The highest BCUT2D eigenvalue weighted by atomic mass is 16.7. The summed E-state index contributed by atoms with van der Waals surface area (Å²) in [5, 5.41) is 7.15. The third-order valence-corrected chi connectivity index (χ3v) is 6.41. The Morgan fingerprint density at radius 2 is 1.79 bits per heavy atom. The Hall–Kier alpha value is -2.65. The summed E-state index contributed by atoms with van der Waals surface area (Å²) in [6.45, 7) is 13.5. The molecule has 1 saturated carbocycles. The van der Waals surface area contributed by atoms with Crippen LogP contribution >= 0.6 is 0 Å². The fourth-order valence-corrected chi connectivity index (χ4v) is 3.78. The number of rotatable bonds is 5. The van der Waals surface area contributed by atoms with Gasteiger partial charge in [0.05, 0.1) is 23.3 Å². The van der Waals surface area contributed by atoms with Crippen LogP contribution in [0.25, 0.3) is 0 Å². The van der Waals surface area contributed by atoms with Gasteiger partial charge in [0.1, 0.15) is 5.60 Å². The maximum Gasteiger partial charge on any atom is 0.494 e. The quantitative estimate of drug-likeness (QED) is 0.668. The summed E-state index contributed by atoms with van der Waals surface area (Å²) in [6, 6.07) is 9.42. The fraction of sp³-hybridized carbons (Fsp3) is 0.560. The topological polar surface area (TPSA) is 91.7 Å². The number of amides is 1. The van der Waals surface area contributed by atoms with Gasteiger partial charge in [-0.3, -0.25) is 4.79 Å². The highest BCUT2D eigenvalue weighted by Gasteiger charge is 2.51. The summed E-state index contributed by atoms with van der Waals surface area (Å²) in [7, 11) is -0.487. The first-order chi connectivity index (χ1) is 15.7. The summed E-state index contributed by atoms with van der Waals surface area (Å²) < 4.78 is 19.0. The number of carbonyl (C=O) groups excluding carboxylic acids is 2. The lowest BCUT2D eigenvalue weighted by Crippen LogP contribution is -2.41. The molecular formula is C25H34BN3O5. The van der Waals surface area contributed by atoms with E-state index in [4.69, 9.17) is 14.0 Å². The molecule has 2 fully saturated rings. The minimum atomic E-state index is -0.630. The van der Waals surface area contributed by atoms with Crippen LogP contribution in [-0.4, -0.2) is 45.7 Å². The molecule has 1 aromatic heterocycles. The molecule has 182 valence electrons. The van der Waals surface area contributed by atoms with Crippen molar-refractivity contribution < 1.29 is 23.6 Å². The molecule has 0 atom stereocenters. The van der Waals surface area contributed by atoms with Gasteiger partial charge in [-0.2, -0.15) is 4.68 Å². The van der Waals surface area contributed by atoms with E-state index in [1.807, 2.05) is 72.7 Å². The molecule has 1 aromatic carbocycles. The zero-order valence-electron chi connectivity index (χ0n) is 21.1. The summed E-state index contributed by atoms with van der Waals surface area (Å²) >= 11 is 0. The maximum absolute atomic E-state index is 12.8. The molecule has 2 aliphatic rings. The zero-order chi connectivity index (χ0) is 24.9. The molecule has 2 heterocycles. The summed E-state index contributed by atoms with van der Waals surface area (Å²) in [4.78, 5) is 25.4. The number of hydrogen-bond acceptors (Lipinski definition) is 6. The molecule has 1 saturated heterocycles. The molecule has 0 spiro atoms. The van der Waals surface area contributed by atoms with Crippen molar-refractivity contribution in [2.75, 3.05) is 5.32 Å². The third kappa shape index (κ3) is 5.36. The van der Waals surface area contributed by atoms with E-state index < -0.39 is 30.0 Å². The van der Waals surface area contributed by atoms with Crippen molar-refractivity contribution in [2.45, 2.75) is 90.4 Å². The second-order valence-corrected chi connectivity index (χ2v) is 11.2. The van der Waals surface area contributed by atoms with Crippen LogP contribution in [0.4, 0.5) is 10.6 Å². The summed E-state index contributed by atoms with van der Waals surface area (Å²) in [5.41, 5.74) is 0.976. The molecule has 1 amide bonds. The van der Waals surface area contributed by atoms with Crippen LogP contribution in [0.15, 0.2) is 30.3 Å². The van der Waals surface area contributed by atoms with Crippen LogP contribution in [0, 0.1) is 0 Å². The first kappa shape index (κ1) is 24.5. The number of nitrogens with one attached hydrogen (secondary N) is 1. The first-order valence-electron chi connectivity index (χ1n) is 11.8. The van der Waals surface area contributed by atoms with Crippen molar-refractivity contribution >= 4 is 30.4 Å². The maximum atomic E-state index is 12.8. The third-order valence-electron chi connectivity index (χ3n) is 6.41. The second kappa shape index (κ2) is 8.54. The van der Waals surface area contributed by atoms with Gasteiger partial charge < -0.3 is 19.4 Å². The standard InChI is InChI=1S/C25H34BN3O5/c1-23(2,3)32-22(31)29-19(17-11-12-17)15-20(28-29)27-21(30)14-16-9-8-10-18(13-16)26-33-24(4,5)25(6,7)34-26/h8-10,13,15,17H,11-12,14H2,1-7H3,(H,27,28,30). The Kier molecular flexibility index (Phi) is 6.15. The number of aromatic nitrogens is 2. The molecule has 4 rings (SSSR count). The van der Waals surface area contributed by atoms with Crippen LogP contribution in [0.2, 0.25) is 0 Å². The lowest BCUT2D eigenvalue weighted by Gasteiger charge is -2.32. The van der Waals surface area contributed by atoms with E-state index in [9.17, 15) is 9.59 Å². The number of hydrogen-bond donors (Lipinski definition) is 1. The minimum absolute atomic E-state index is 0.158. The van der Waals surface area contributed by atoms with E-state index in [-0.39, 0.29) is 18.2 Å². The van der Waals surface area contributed by atoms with E-state index in [0.717, 1.165) is 29.6 Å². The Morgan fingerprint density at radius 3 is 2.38 bits per heavy atom. The monoisotopic (exact) mass is 467 g/mol. The van der Waals surface area contributed by atoms with E-state index in [0.29, 0.717) is 5.82 Å². The van der Waals surface area contributed by atoms with Crippen LogP contribution in [0.3, 0.4) is 0 Å². The van der Waals surface area contributed by atoms with Crippen LogP contribution in [0.1, 0.15) is 78.5 Å². The molecule has 0 unspecified atom stereocenters. The highest BCUT2D eigenvalue weighted by Crippen LogP contribution is 2.41. The van der Waals surface area contributed by atoms with Crippen LogP contribution in [0.5, 0.6) is 0 Å². The Bertz CT molecular complexity index is 1080. The van der Waals surface area contributed by atoms with Crippen LogP contribution < -0.4 is 10.8 Å². The summed E-state index contributed by atoms with van der Waals surface area (Å²) in [5.74, 6) is 0.393. The SMILES string of the molecule is CC(C)(C)OC(=O)n1nc(NC(=O)Cc2cccc(B3OC(C)(C)C(C)(C)O3)c2)cc1C1CC1. The van der Waals surface area contributed by atoms with E-state index >= 15 is 0 Å². The molecule has 1 N–H and O–H groups in total. The van der Waals surface area contributed by atoms with Gasteiger partial charge in [-0.05, 0) is 72.3 Å². The number of nitrogens with zero attached hydrogens (tertiary/aromatic N) is 2. The molecular weight excluding hydrogens is 433 g/mol. The predicted octanol–water partition coefficient (Wildman–Crippen LogP) is 4.02. The van der Waals surface area contributed by atoms with Gasteiger partial charge in [-0.15, -0.1) is 5.10 Å².